The lowest BCUT2D eigenvalue weighted by molar-refractivity contribution is -0.123. The molecule has 1 unspecified atom stereocenters. The summed E-state index contributed by atoms with van der Waals surface area (Å²) < 4.78 is 11.7. The van der Waals surface area contributed by atoms with Gasteiger partial charge in [-0.1, -0.05) is 30.3 Å². The van der Waals surface area contributed by atoms with Crippen LogP contribution in [0.1, 0.15) is 39.2 Å². The van der Waals surface area contributed by atoms with E-state index in [0.717, 1.165) is 32.5 Å². The first-order valence-corrected chi connectivity index (χ1v) is 8.79. The minimum Gasteiger partial charge on any atom is -0.444 e. The largest absolute Gasteiger partial charge is 0.444 e. The summed E-state index contributed by atoms with van der Waals surface area (Å²) in [5.41, 5.74) is 0.269. The number of nitrogens with zero attached hydrogens (tertiary/aromatic N) is 2. The summed E-state index contributed by atoms with van der Waals surface area (Å²) in [7, 11) is 0. The first-order valence-electron chi connectivity index (χ1n) is 8.79. The molecule has 1 atom stereocenters. The van der Waals surface area contributed by atoms with Crippen molar-refractivity contribution in [3.8, 4) is 0 Å². The number of benzene rings is 1. The lowest BCUT2D eigenvalue weighted by Gasteiger charge is -2.44. The van der Waals surface area contributed by atoms with Crippen LogP contribution >= 0.6 is 0 Å². The average Bonchev–Trinajstić information content (AvgIpc) is 2.89. The van der Waals surface area contributed by atoms with E-state index >= 15 is 0 Å². The molecule has 5 nitrogen and oxygen atoms in total. The van der Waals surface area contributed by atoms with Crippen LogP contribution < -0.4 is 0 Å². The van der Waals surface area contributed by atoms with E-state index in [4.69, 9.17) is 9.47 Å². The third-order valence-electron chi connectivity index (χ3n) is 4.55. The van der Waals surface area contributed by atoms with Crippen LogP contribution in [-0.4, -0.2) is 53.5 Å². The number of piperidine rings is 1. The van der Waals surface area contributed by atoms with Gasteiger partial charge in [0.15, 0.2) is 5.72 Å². The third-order valence-corrected chi connectivity index (χ3v) is 4.55. The van der Waals surface area contributed by atoms with Crippen molar-refractivity contribution in [2.24, 2.45) is 0 Å². The molecule has 0 aromatic heterocycles. The number of ether oxygens (including phenoxy) is 2. The maximum Gasteiger partial charge on any atom is 0.412 e. The van der Waals surface area contributed by atoms with Gasteiger partial charge >= 0.3 is 6.09 Å². The lowest BCUT2D eigenvalue weighted by atomic mass is 9.99. The second-order valence-electron chi connectivity index (χ2n) is 7.73. The zero-order valence-corrected chi connectivity index (χ0v) is 15.0. The Kier molecular flexibility index (Phi) is 4.83. The summed E-state index contributed by atoms with van der Waals surface area (Å²) >= 11 is 0. The Morgan fingerprint density at radius 2 is 2.00 bits per heavy atom. The van der Waals surface area contributed by atoms with Crippen molar-refractivity contribution in [3.05, 3.63) is 35.9 Å². The Morgan fingerprint density at radius 1 is 1.25 bits per heavy atom. The molecule has 1 aromatic carbocycles. The van der Waals surface area contributed by atoms with Crippen LogP contribution in [0.5, 0.6) is 0 Å². The van der Waals surface area contributed by atoms with Gasteiger partial charge < -0.3 is 9.47 Å². The van der Waals surface area contributed by atoms with Crippen molar-refractivity contribution in [1.29, 1.82) is 0 Å². The molecule has 0 aliphatic carbocycles. The molecule has 0 radical (unpaired) electrons. The van der Waals surface area contributed by atoms with Gasteiger partial charge in [-0.25, -0.2) is 4.79 Å². The van der Waals surface area contributed by atoms with E-state index < -0.39 is 11.3 Å². The van der Waals surface area contributed by atoms with Crippen LogP contribution in [0.3, 0.4) is 0 Å². The quantitative estimate of drug-likeness (QED) is 0.834. The molecular formula is C19H28N2O3. The number of hydrogen-bond acceptors (Lipinski definition) is 4. The molecule has 2 saturated heterocycles. The SMILES string of the molecule is CC(C)(C)OC(=O)N1CCOC12CCCN(Cc1ccccc1)C2. The predicted molar refractivity (Wildman–Crippen MR) is 92.6 cm³/mol. The van der Waals surface area contributed by atoms with E-state index in [2.05, 4.69) is 29.2 Å². The van der Waals surface area contributed by atoms with Crippen LogP contribution in [0.15, 0.2) is 30.3 Å². The first kappa shape index (κ1) is 17.2. The Labute approximate surface area is 144 Å². The smallest absolute Gasteiger partial charge is 0.412 e. The molecule has 1 amide bonds. The van der Waals surface area contributed by atoms with E-state index in [9.17, 15) is 4.79 Å². The molecule has 2 fully saturated rings. The number of rotatable bonds is 2. The van der Waals surface area contributed by atoms with Crippen molar-refractivity contribution >= 4 is 6.09 Å². The zero-order chi connectivity index (χ0) is 17.2. The number of amides is 1. The van der Waals surface area contributed by atoms with Crippen molar-refractivity contribution in [2.75, 3.05) is 26.2 Å². The summed E-state index contributed by atoms with van der Waals surface area (Å²) in [6, 6.07) is 10.4. The molecule has 2 aliphatic heterocycles. The van der Waals surface area contributed by atoms with Crippen molar-refractivity contribution in [2.45, 2.75) is 51.5 Å². The summed E-state index contributed by atoms with van der Waals surface area (Å²) in [6.07, 6.45) is 1.63. The van der Waals surface area contributed by atoms with Gasteiger partial charge in [0.05, 0.1) is 13.2 Å². The van der Waals surface area contributed by atoms with Gasteiger partial charge in [0.25, 0.3) is 0 Å². The van der Waals surface area contributed by atoms with Gasteiger partial charge in [0.2, 0.25) is 0 Å². The van der Waals surface area contributed by atoms with Gasteiger partial charge in [-0.05, 0) is 45.7 Å². The van der Waals surface area contributed by atoms with Crippen molar-refractivity contribution in [3.63, 3.8) is 0 Å². The topological polar surface area (TPSA) is 42.0 Å². The fourth-order valence-corrected chi connectivity index (χ4v) is 3.58. The molecule has 2 heterocycles. The minimum absolute atomic E-state index is 0.262. The maximum atomic E-state index is 12.6. The standard InChI is InChI=1S/C19H28N2O3/c1-18(2,3)24-17(22)21-12-13-23-19(21)10-7-11-20(15-19)14-16-8-5-4-6-9-16/h4-6,8-9H,7,10-15H2,1-3H3. The van der Waals surface area contributed by atoms with Gasteiger partial charge in [-0.15, -0.1) is 0 Å². The summed E-state index contributed by atoms with van der Waals surface area (Å²) in [6.45, 7) is 9.54. The molecule has 0 N–H and O–H groups in total. The summed E-state index contributed by atoms with van der Waals surface area (Å²) in [4.78, 5) is 16.8. The van der Waals surface area contributed by atoms with Crippen LogP contribution in [0.4, 0.5) is 4.79 Å². The van der Waals surface area contributed by atoms with Gasteiger partial charge in [-0.2, -0.15) is 0 Å². The highest BCUT2D eigenvalue weighted by Gasteiger charge is 2.49. The Hall–Kier alpha value is -1.59. The molecule has 3 rings (SSSR count). The predicted octanol–water partition coefficient (Wildman–Crippen LogP) is 3.25. The van der Waals surface area contributed by atoms with E-state index in [1.807, 2.05) is 26.8 Å². The van der Waals surface area contributed by atoms with E-state index in [1.54, 1.807) is 4.90 Å². The van der Waals surface area contributed by atoms with Gasteiger partial charge in [0.1, 0.15) is 5.60 Å². The first-order chi connectivity index (χ1) is 11.4. The molecule has 24 heavy (non-hydrogen) atoms. The van der Waals surface area contributed by atoms with E-state index in [0.29, 0.717) is 13.2 Å². The minimum atomic E-state index is -0.532. The molecular weight excluding hydrogens is 304 g/mol. The van der Waals surface area contributed by atoms with Crippen LogP contribution in [0, 0.1) is 0 Å². The molecule has 1 spiro atoms. The van der Waals surface area contributed by atoms with E-state index in [-0.39, 0.29) is 6.09 Å². The maximum absolute atomic E-state index is 12.6. The third kappa shape index (κ3) is 3.90. The number of carbonyl (C=O) groups excluding carboxylic acids is 1. The van der Waals surface area contributed by atoms with Gasteiger partial charge in [0, 0.05) is 13.1 Å². The lowest BCUT2D eigenvalue weighted by Crippen LogP contribution is -2.58. The van der Waals surface area contributed by atoms with E-state index in [1.165, 1.54) is 5.56 Å². The highest BCUT2D eigenvalue weighted by atomic mass is 16.6. The molecule has 0 bridgehead atoms. The Balaban J connectivity index is 1.70. The second-order valence-corrected chi connectivity index (χ2v) is 7.73. The summed E-state index contributed by atoms with van der Waals surface area (Å²) in [5, 5.41) is 0. The van der Waals surface area contributed by atoms with Gasteiger partial charge in [-0.3, -0.25) is 9.80 Å². The Bertz CT molecular complexity index is 570. The molecule has 1 aromatic rings. The number of likely N-dealkylation sites (tertiary alicyclic amines) is 1. The monoisotopic (exact) mass is 332 g/mol. The van der Waals surface area contributed by atoms with Crippen LogP contribution in [0.2, 0.25) is 0 Å². The van der Waals surface area contributed by atoms with Crippen LogP contribution in [0.25, 0.3) is 0 Å². The zero-order valence-electron chi connectivity index (χ0n) is 15.0. The fraction of sp³-hybridized carbons (Fsp3) is 0.632. The van der Waals surface area contributed by atoms with Crippen molar-refractivity contribution < 1.29 is 14.3 Å². The second kappa shape index (κ2) is 6.73. The summed E-state index contributed by atoms with van der Waals surface area (Å²) in [5.74, 6) is 0. The highest BCUT2D eigenvalue weighted by molar-refractivity contribution is 5.69. The molecule has 132 valence electrons. The Morgan fingerprint density at radius 3 is 2.71 bits per heavy atom. The van der Waals surface area contributed by atoms with Crippen molar-refractivity contribution in [1.82, 2.24) is 9.80 Å². The average molecular weight is 332 g/mol. The number of carbonyl (C=O) groups is 1. The molecule has 2 aliphatic rings. The molecule has 0 saturated carbocycles. The normalized spacial score (nSPS) is 25.2. The fourth-order valence-electron chi connectivity index (χ4n) is 3.58. The number of hydrogen-bond donors (Lipinski definition) is 0. The highest BCUT2D eigenvalue weighted by Crippen LogP contribution is 2.34. The molecule has 5 heteroatoms. The van der Waals surface area contributed by atoms with Crippen LogP contribution in [-0.2, 0) is 16.0 Å².